The third kappa shape index (κ3) is 5.81. The van der Waals surface area contributed by atoms with E-state index >= 15 is 0 Å². The molecule has 1 aliphatic rings. The van der Waals surface area contributed by atoms with Crippen LogP contribution in [0.3, 0.4) is 0 Å². The van der Waals surface area contributed by atoms with Gasteiger partial charge in [0.2, 0.25) is 10.0 Å². The number of nitrogens with one attached hydrogen (secondary N) is 2. The van der Waals surface area contributed by atoms with Crippen LogP contribution in [0.2, 0.25) is 0 Å². The predicted molar refractivity (Wildman–Crippen MR) is 160 cm³/mol. The van der Waals surface area contributed by atoms with Gasteiger partial charge in [-0.15, -0.1) is 0 Å². The molecule has 9 heteroatoms. The zero-order valence-corrected chi connectivity index (χ0v) is 24.2. The Balaban J connectivity index is 1.64. The Kier molecular flexibility index (Phi) is 7.69. The summed E-state index contributed by atoms with van der Waals surface area (Å²) in [5.41, 5.74) is 2.33. The first kappa shape index (κ1) is 28.7. The number of anilines is 1. The van der Waals surface area contributed by atoms with E-state index in [9.17, 15) is 23.3 Å². The molecule has 212 valence electrons. The number of nitrogens with zero attached hydrogens (tertiary/aromatic N) is 2. The quantitative estimate of drug-likeness (QED) is 0.298. The first-order valence-electron chi connectivity index (χ1n) is 13.4. The van der Waals surface area contributed by atoms with Crippen LogP contribution in [-0.2, 0) is 14.8 Å². The lowest BCUT2D eigenvalue weighted by molar-refractivity contribution is -0.121. The van der Waals surface area contributed by atoms with Gasteiger partial charge in [-0.1, -0.05) is 66.7 Å². The van der Waals surface area contributed by atoms with Gasteiger partial charge in [-0.3, -0.25) is 9.59 Å². The van der Waals surface area contributed by atoms with Crippen molar-refractivity contribution in [2.24, 2.45) is 0 Å². The molecule has 2 N–H and O–H groups in total. The van der Waals surface area contributed by atoms with Crippen LogP contribution in [0.1, 0.15) is 65.5 Å². The maximum atomic E-state index is 14.1. The van der Waals surface area contributed by atoms with Crippen LogP contribution in [-0.4, -0.2) is 30.7 Å². The molecule has 5 rings (SSSR count). The molecule has 0 saturated carbocycles. The highest BCUT2D eigenvalue weighted by Crippen LogP contribution is 2.44. The number of nitriles is 1. The number of rotatable bonds is 7. The van der Waals surface area contributed by atoms with Crippen molar-refractivity contribution in [3.63, 3.8) is 0 Å². The van der Waals surface area contributed by atoms with Crippen LogP contribution in [0.4, 0.5) is 5.69 Å². The van der Waals surface area contributed by atoms with E-state index in [1.165, 1.54) is 11.0 Å². The summed E-state index contributed by atoms with van der Waals surface area (Å²) in [5, 5.41) is 12.2. The minimum Gasteiger partial charge on any atom is -0.324 e. The van der Waals surface area contributed by atoms with Gasteiger partial charge in [0.1, 0.15) is 6.04 Å². The number of hydrogen-bond acceptors (Lipinski definition) is 5. The summed E-state index contributed by atoms with van der Waals surface area (Å²) in [7, 11) is -3.87. The number of amides is 2. The number of carbonyl (C=O) groups excluding carboxylic acids is 2. The Hall–Kier alpha value is -4.78. The van der Waals surface area contributed by atoms with Crippen molar-refractivity contribution in [3.05, 3.63) is 131 Å². The molecule has 42 heavy (non-hydrogen) atoms. The standard InChI is InChI=1S/C33H30N4O4S/c1-33(2,3)36-42(40,41)26-16-10-14-24(20-26)29-27-17-7-8-18-28(27)32(39)37(29)30(23-12-5-4-6-13-23)31(38)35-25-15-9-11-22(19-25)21-34/h4-20,29-30,36H,1-3H3,(H,35,38). The average molecular weight is 579 g/mol. The summed E-state index contributed by atoms with van der Waals surface area (Å²) in [6.07, 6.45) is 0. The van der Waals surface area contributed by atoms with Crippen molar-refractivity contribution in [2.75, 3.05) is 5.32 Å². The molecule has 1 aliphatic heterocycles. The molecule has 0 aliphatic carbocycles. The van der Waals surface area contributed by atoms with Crippen molar-refractivity contribution in [3.8, 4) is 6.07 Å². The molecule has 0 bridgehead atoms. The van der Waals surface area contributed by atoms with Gasteiger partial charge in [-0.05, 0) is 73.9 Å². The number of sulfonamides is 1. The third-order valence-corrected chi connectivity index (χ3v) is 8.58. The largest absolute Gasteiger partial charge is 0.324 e. The normalized spacial score (nSPS) is 15.5. The fraction of sp³-hybridized carbons (Fsp3) is 0.182. The molecule has 2 atom stereocenters. The van der Waals surface area contributed by atoms with Gasteiger partial charge in [-0.25, -0.2) is 13.1 Å². The number of hydrogen-bond donors (Lipinski definition) is 2. The fourth-order valence-electron chi connectivity index (χ4n) is 5.21. The second-order valence-electron chi connectivity index (χ2n) is 11.1. The molecule has 4 aromatic carbocycles. The first-order chi connectivity index (χ1) is 20.0. The minimum absolute atomic E-state index is 0.0562. The second-order valence-corrected chi connectivity index (χ2v) is 12.8. The number of benzene rings is 4. The summed E-state index contributed by atoms with van der Waals surface area (Å²) in [5.74, 6) is -0.827. The van der Waals surface area contributed by atoms with Crippen LogP contribution >= 0.6 is 0 Å². The molecule has 0 spiro atoms. The lowest BCUT2D eigenvalue weighted by atomic mass is 9.96. The van der Waals surface area contributed by atoms with Gasteiger partial charge in [0.15, 0.2) is 0 Å². The SMILES string of the molecule is CC(C)(C)NS(=O)(=O)c1cccc(C2c3ccccc3C(=O)N2C(C(=O)Nc2cccc(C#N)c2)c2ccccc2)c1. The van der Waals surface area contributed by atoms with Crippen LogP contribution in [0.25, 0.3) is 0 Å². The maximum absolute atomic E-state index is 14.1. The van der Waals surface area contributed by atoms with E-state index in [0.29, 0.717) is 33.5 Å². The van der Waals surface area contributed by atoms with Gasteiger partial charge < -0.3 is 10.2 Å². The molecule has 0 saturated heterocycles. The van der Waals surface area contributed by atoms with Crippen molar-refractivity contribution in [2.45, 2.75) is 43.3 Å². The van der Waals surface area contributed by atoms with Crippen LogP contribution in [0.15, 0.2) is 108 Å². The van der Waals surface area contributed by atoms with E-state index in [1.807, 2.05) is 18.2 Å². The smallest absolute Gasteiger partial charge is 0.255 e. The molecule has 8 nitrogen and oxygen atoms in total. The number of carbonyl (C=O) groups is 2. The molecule has 0 aromatic heterocycles. The summed E-state index contributed by atoms with van der Waals surface area (Å²) in [6.45, 7) is 5.28. The number of fused-ring (bicyclic) bond motifs is 1. The van der Waals surface area contributed by atoms with Gasteiger partial charge in [0.25, 0.3) is 11.8 Å². The Morgan fingerprint density at radius 3 is 2.31 bits per heavy atom. The molecule has 4 aromatic rings. The van der Waals surface area contributed by atoms with Gasteiger partial charge in [0, 0.05) is 16.8 Å². The second kappa shape index (κ2) is 11.2. The zero-order valence-electron chi connectivity index (χ0n) is 23.4. The highest BCUT2D eigenvalue weighted by Gasteiger charge is 2.45. The Morgan fingerprint density at radius 1 is 0.905 bits per heavy atom. The molecule has 0 fully saturated rings. The minimum atomic E-state index is -3.87. The molecule has 1 heterocycles. The van der Waals surface area contributed by atoms with Gasteiger partial charge in [-0.2, -0.15) is 5.26 Å². The molecule has 2 amide bonds. The van der Waals surface area contributed by atoms with Crippen LogP contribution in [0, 0.1) is 11.3 Å². The van der Waals surface area contributed by atoms with E-state index in [2.05, 4.69) is 16.1 Å². The van der Waals surface area contributed by atoms with E-state index < -0.39 is 33.6 Å². The zero-order chi connectivity index (χ0) is 30.1. The van der Waals surface area contributed by atoms with E-state index in [-0.39, 0.29) is 10.8 Å². The van der Waals surface area contributed by atoms with E-state index in [1.54, 1.807) is 99.6 Å². The van der Waals surface area contributed by atoms with Crippen LogP contribution in [0.5, 0.6) is 0 Å². The summed E-state index contributed by atoms with van der Waals surface area (Å²) < 4.78 is 29.2. The topological polar surface area (TPSA) is 119 Å². The van der Waals surface area contributed by atoms with Crippen molar-refractivity contribution in [1.29, 1.82) is 5.26 Å². The van der Waals surface area contributed by atoms with Gasteiger partial charge in [0.05, 0.1) is 22.6 Å². The third-order valence-electron chi connectivity index (χ3n) is 6.82. The summed E-state index contributed by atoms with van der Waals surface area (Å²) in [4.78, 5) is 29.7. The highest BCUT2D eigenvalue weighted by atomic mass is 32.2. The van der Waals surface area contributed by atoms with Crippen molar-refractivity contribution >= 4 is 27.5 Å². The lowest BCUT2D eigenvalue weighted by Crippen LogP contribution is -2.41. The fourth-order valence-corrected chi connectivity index (χ4v) is 6.68. The molecule has 2 unspecified atom stereocenters. The Labute approximate surface area is 245 Å². The van der Waals surface area contributed by atoms with Crippen LogP contribution < -0.4 is 10.0 Å². The van der Waals surface area contributed by atoms with Crippen molar-refractivity contribution in [1.82, 2.24) is 9.62 Å². The van der Waals surface area contributed by atoms with E-state index in [4.69, 9.17) is 0 Å². The molecule has 0 radical (unpaired) electrons. The average Bonchev–Trinajstić information content (AvgIpc) is 3.24. The van der Waals surface area contributed by atoms with E-state index in [0.717, 1.165) is 0 Å². The summed E-state index contributed by atoms with van der Waals surface area (Å²) in [6, 6.07) is 29.3. The summed E-state index contributed by atoms with van der Waals surface area (Å²) >= 11 is 0. The highest BCUT2D eigenvalue weighted by molar-refractivity contribution is 7.89. The van der Waals surface area contributed by atoms with Gasteiger partial charge >= 0.3 is 0 Å². The molecular formula is C33H30N4O4S. The van der Waals surface area contributed by atoms with Crippen molar-refractivity contribution < 1.29 is 18.0 Å². The molecular weight excluding hydrogens is 548 g/mol. The monoisotopic (exact) mass is 578 g/mol. The Bertz CT molecular complexity index is 1810. The maximum Gasteiger partial charge on any atom is 0.255 e. The first-order valence-corrected chi connectivity index (χ1v) is 14.9. The predicted octanol–water partition coefficient (Wildman–Crippen LogP) is 5.56. The Morgan fingerprint density at radius 2 is 1.60 bits per heavy atom. The lowest BCUT2D eigenvalue weighted by Gasteiger charge is -2.33.